The number of rotatable bonds is 7. The highest BCUT2D eigenvalue weighted by Gasteiger charge is 2.30. The van der Waals surface area contributed by atoms with E-state index in [9.17, 15) is 4.79 Å². The van der Waals surface area contributed by atoms with E-state index in [1.807, 2.05) is 30.3 Å². The smallest absolute Gasteiger partial charge is 0.276 e. The van der Waals surface area contributed by atoms with Crippen LogP contribution in [0.15, 0.2) is 51.0 Å². The maximum atomic E-state index is 12.4. The maximum absolute atomic E-state index is 12.4. The fraction of sp³-hybridized carbons (Fsp3) is 0.263. The van der Waals surface area contributed by atoms with Gasteiger partial charge in [0.05, 0.1) is 0 Å². The minimum Gasteiger partial charge on any atom is -0.486 e. The largest absolute Gasteiger partial charge is 0.486 e. The maximum Gasteiger partial charge on any atom is 0.276 e. The van der Waals surface area contributed by atoms with Crippen molar-refractivity contribution in [3.8, 4) is 5.75 Å². The molecule has 5 nitrogen and oxygen atoms in total. The number of halogens is 1. The minimum absolute atomic E-state index is 0.118. The van der Waals surface area contributed by atoms with Crippen LogP contribution in [0.4, 0.5) is 0 Å². The molecule has 7 heteroatoms. The molecule has 1 aromatic heterocycles. The van der Waals surface area contributed by atoms with E-state index >= 15 is 0 Å². The van der Waals surface area contributed by atoms with Crippen molar-refractivity contribution in [2.24, 2.45) is 0 Å². The van der Waals surface area contributed by atoms with Crippen molar-refractivity contribution >= 4 is 45.2 Å². The van der Waals surface area contributed by atoms with Gasteiger partial charge in [0.1, 0.15) is 29.6 Å². The molecule has 0 saturated carbocycles. The molecule has 136 valence electrons. The number of hydrogen-bond donors (Lipinski definition) is 1. The number of amides is 1. The number of furan rings is 1. The Morgan fingerprint density at radius 3 is 2.77 bits per heavy atom. The third-order valence-electron chi connectivity index (χ3n) is 3.86. The third-order valence-corrected chi connectivity index (χ3v) is 4.71. The third kappa shape index (κ3) is 4.53. The first kappa shape index (κ1) is 18.7. The number of unbranched alkanes of at least 4 members (excludes halogenated alkanes) is 1. The molecule has 0 aliphatic carbocycles. The second-order valence-corrected chi connectivity index (χ2v) is 7.15. The number of thiocarbonyl (C=S) groups is 1. The van der Waals surface area contributed by atoms with Crippen LogP contribution in [0.2, 0.25) is 0 Å². The van der Waals surface area contributed by atoms with Crippen molar-refractivity contribution in [3.05, 3.63) is 58.1 Å². The van der Waals surface area contributed by atoms with E-state index in [-0.39, 0.29) is 5.91 Å². The Morgan fingerprint density at radius 2 is 2.04 bits per heavy atom. The first-order valence-electron chi connectivity index (χ1n) is 8.38. The summed E-state index contributed by atoms with van der Waals surface area (Å²) in [6.45, 7) is 3.02. The van der Waals surface area contributed by atoms with E-state index in [4.69, 9.17) is 21.4 Å². The molecule has 0 spiro atoms. The molecule has 26 heavy (non-hydrogen) atoms. The lowest BCUT2D eigenvalue weighted by Gasteiger charge is -2.12. The first-order valence-corrected chi connectivity index (χ1v) is 9.58. The normalized spacial score (nSPS) is 15.6. The van der Waals surface area contributed by atoms with Gasteiger partial charge in [0, 0.05) is 17.1 Å². The van der Waals surface area contributed by atoms with Gasteiger partial charge < -0.3 is 14.5 Å². The zero-order valence-corrected chi connectivity index (χ0v) is 16.7. The van der Waals surface area contributed by atoms with Crippen molar-refractivity contribution in [1.29, 1.82) is 0 Å². The minimum atomic E-state index is -0.118. The van der Waals surface area contributed by atoms with Crippen LogP contribution in [0.3, 0.4) is 0 Å². The van der Waals surface area contributed by atoms with Gasteiger partial charge in [0.2, 0.25) is 0 Å². The highest BCUT2D eigenvalue weighted by molar-refractivity contribution is 9.10. The van der Waals surface area contributed by atoms with Gasteiger partial charge in [0.25, 0.3) is 5.91 Å². The fourth-order valence-corrected chi connectivity index (χ4v) is 3.02. The van der Waals surface area contributed by atoms with Crippen molar-refractivity contribution < 1.29 is 13.9 Å². The van der Waals surface area contributed by atoms with E-state index in [1.54, 1.807) is 17.0 Å². The van der Waals surface area contributed by atoms with Crippen LogP contribution >= 0.6 is 28.1 Å². The summed E-state index contributed by atoms with van der Waals surface area (Å²) in [5.41, 5.74) is 0.431. The van der Waals surface area contributed by atoms with Gasteiger partial charge in [-0.25, -0.2) is 0 Å². The SMILES string of the molecule is CCCCN1C(=O)/C(=C\c2ccc(COc3ccc(Br)cc3)o2)NC1=S. The van der Waals surface area contributed by atoms with Gasteiger partial charge in [-0.15, -0.1) is 0 Å². The van der Waals surface area contributed by atoms with E-state index in [1.165, 1.54) is 0 Å². The van der Waals surface area contributed by atoms with Crippen molar-refractivity contribution in [2.75, 3.05) is 6.54 Å². The van der Waals surface area contributed by atoms with Crippen LogP contribution in [-0.4, -0.2) is 22.5 Å². The van der Waals surface area contributed by atoms with Crippen LogP contribution in [-0.2, 0) is 11.4 Å². The molecular formula is C19H19BrN2O3S. The average molecular weight is 435 g/mol. The lowest BCUT2D eigenvalue weighted by molar-refractivity contribution is -0.122. The van der Waals surface area contributed by atoms with Crippen molar-refractivity contribution in [1.82, 2.24) is 10.2 Å². The van der Waals surface area contributed by atoms with Gasteiger partial charge in [0.15, 0.2) is 5.11 Å². The molecule has 3 rings (SSSR count). The Kier molecular flexibility index (Phi) is 6.11. The van der Waals surface area contributed by atoms with E-state index < -0.39 is 0 Å². The number of ether oxygens (including phenoxy) is 1. The van der Waals surface area contributed by atoms with Crippen LogP contribution < -0.4 is 10.1 Å². The van der Waals surface area contributed by atoms with Crippen molar-refractivity contribution in [2.45, 2.75) is 26.4 Å². The predicted octanol–water partition coefficient (Wildman–Crippen LogP) is 4.48. The summed E-state index contributed by atoms with van der Waals surface area (Å²) in [5, 5.41) is 3.40. The fourth-order valence-electron chi connectivity index (χ4n) is 2.47. The number of benzene rings is 1. The second kappa shape index (κ2) is 8.51. The predicted molar refractivity (Wildman–Crippen MR) is 108 cm³/mol. The van der Waals surface area contributed by atoms with Gasteiger partial charge in [-0.05, 0) is 55.0 Å². The molecule has 2 heterocycles. The zero-order valence-electron chi connectivity index (χ0n) is 14.3. The van der Waals surface area contributed by atoms with Gasteiger partial charge in [-0.2, -0.15) is 0 Å². The lowest BCUT2D eigenvalue weighted by atomic mass is 10.3. The topological polar surface area (TPSA) is 54.7 Å². The van der Waals surface area contributed by atoms with E-state index in [2.05, 4.69) is 28.2 Å². The molecular weight excluding hydrogens is 416 g/mol. The number of carbonyl (C=O) groups excluding carboxylic acids is 1. The summed E-state index contributed by atoms with van der Waals surface area (Å²) >= 11 is 8.62. The molecule has 1 aliphatic heterocycles. The Bertz CT molecular complexity index is 830. The second-order valence-electron chi connectivity index (χ2n) is 5.85. The highest BCUT2D eigenvalue weighted by atomic mass is 79.9. The molecule has 1 N–H and O–H groups in total. The number of nitrogens with one attached hydrogen (secondary N) is 1. The molecule has 0 unspecified atom stereocenters. The summed E-state index contributed by atoms with van der Waals surface area (Å²) in [6, 6.07) is 11.2. The Morgan fingerprint density at radius 1 is 1.27 bits per heavy atom. The molecule has 2 aromatic rings. The van der Waals surface area contributed by atoms with Crippen LogP contribution in [0.1, 0.15) is 31.3 Å². The summed E-state index contributed by atoms with van der Waals surface area (Å²) in [6.07, 6.45) is 3.59. The Hall–Kier alpha value is -2.12. The standard InChI is InChI=1S/C19H19BrN2O3S/c1-2-3-10-22-18(23)17(21-19(22)26)11-15-8-9-16(25-15)12-24-14-6-4-13(20)5-7-14/h4-9,11H,2-3,10,12H2,1H3,(H,21,26)/b17-11+. The van der Waals surface area contributed by atoms with E-state index in [0.29, 0.717) is 35.5 Å². The first-order chi connectivity index (χ1) is 12.6. The quantitative estimate of drug-likeness (QED) is 0.514. The highest BCUT2D eigenvalue weighted by Crippen LogP contribution is 2.20. The van der Waals surface area contributed by atoms with Gasteiger partial charge >= 0.3 is 0 Å². The Balaban J connectivity index is 1.62. The molecule has 1 saturated heterocycles. The molecule has 1 fully saturated rings. The molecule has 0 bridgehead atoms. The summed E-state index contributed by atoms with van der Waals surface area (Å²) < 4.78 is 12.4. The van der Waals surface area contributed by atoms with Crippen molar-refractivity contribution in [3.63, 3.8) is 0 Å². The average Bonchev–Trinajstić information content (AvgIpc) is 3.18. The number of nitrogens with zero attached hydrogens (tertiary/aromatic N) is 1. The zero-order chi connectivity index (χ0) is 18.5. The molecule has 0 radical (unpaired) electrons. The Labute approximate surface area is 166 Å². The molecule has 0 atom stereocenters. The summed E-state index contributed by atoms with van der Waals surface area (Å²) in [5.74, 6) is 1.90. The van der Waals surface area contributed by atoms with Gasteiger partial charge in [-0.1, -0.05) is 29.3 Å². The molecule has 1 amide bonds. The van der Waals surface area contributed by atoms with Gasteiger partial charge in [-0.3, -0.25) is 9.69 Å². The summed E-state index contributed by atoms with van der Waals surface area (Å²) in [7, 11) is 0. The van der Waals surface area contributed by atoms with Crippen LogP contribution in [0.5, 0.6) is 5.75 Å². The lowest BCUT2D eigenvalue weighted by Crippen LogP contribution is -2.31. The van der Waals surface area contributed by atoms with Crippen LogP contribution in [0, 0.1) is 0 Å². The number of hydrogen-bond acceptors (Lipinski definition) is 4. The molecule has 1 aromatic carbocycles. The van der Waals surface area contributed by atoms with Crippen LogP contribution in [0.25, 0.3) is 6.08 Å². The summed E-state index contributed by atoms with van der Waals surface area (Å²) in [4.78, 5) is 14.0. The van der Waals surface area contributed by atoms with E-state index in [0.717, 1.165) is 23.1 Å². The molecule has 1 aliphatic rings. The monoisotopic (exact) mass is 434 g/mol. The number of carbonyl (C=O) groups is 1.